The third kappa shape index (κ3) is 5.58. The molecule has 1 aliphatic heterocycles. The van der Waals surface area contributed by atoms with Gasteiger partial charge in [0.15, 0.2) is 0 Å². The number of fused-ring (bicyclic) bond motifs is 4. The van der Waals surface area contributed by atoms with E-state index in [1.54, 1.807) is 6.07 Å². The van der Waals surface area contributed by atoms with E-state index >= 15 is 0 Å². The lowest BCUT2D eigenvalue weighted by molar-refractivity contribution is 0.0891. The van der Waals surface area contributed by atoms with Gasteiger partial charge in [0.1, 0.15) is 0 Å². The fourth-order valence-corrected chi connectivity index (χ4v) is 7.41. The topological polar surface area (TPSA) is 81.2 Å². The van der Waals surface area contributed by atoms with Crippen LogP contribution in [0.4, 0.5) is 5.95 Å². The van der Waals surface area contributed by atoms with Crippen molar-refractivity contribution in [2.75, 3.05) is 11.3 Å². The molecule has 1 fully saturated rings. The van der Waals surface area contributed by atoms with Crippen LogP contribution in [-0.4, -0.2) is 25.0 Å². The predicted molar refractivity (Wildman–Crippen MR) is 152 cm³/mol. The first kappa shape index (κ1) is 26.7. The van der Waals surface area contributed by atoms with Gasteiger partial charge in [0.05, 0.1) is 17.2 Å². The first-order valence-electron chi connectivity index (χ1n) is 13.6. The number of sulfonamides is 1. The summed E-state index contributed by atoms with van der Waals surface area (Å²) < 4.78 is 36.2. The molecular formula is C31H39N3O3S. The Labute approximate surface area is 227 Å². The molecule has 7 heteroatoms. The summed E-state index contributed by atoms with van der Waals surface area (Å²) in [6.45, 7) is 13.6. The van der Waals surface area contributed by atoms with E-state index in [-0.39, 0.29) is 28.1 Å². The molecule has 0 saturated heterocycles. The van der Waals surface area contributed by atoms with Crippen molar-refractivity contribution < 1.29 is 13.2 Å². The monoisotopic (exact) mass is 533 g/mol. The van der Waals surface area contributed by atoms with Crippen LogP contribution in [0, 0.1) is 37.0 Å². The van der Waals surface area contributed by atoms with Crippen LogP contribution in [-0.2, 0) is 10.0 Å². The van der Waals surface area contributed by atoms with Crippen LogP contribution in [0.2, 0.25) is 0 Å². The van der Waals surface area contributed by atoms with Gasteiger partial charge in [0, 0.05) is 17.5 Å². The standard InChI is InChI=1S/C31H39N3O3S/c1-19-13-23(14-19)29-22-11-8-12-25(15-22)38(35,36)34-30-32-26(28-20(2)9-7-10-21(28)3)16-27(33-30)37-18-24(29)17-31(4,5)6/h7-12,15-16,19,23-24,29H,13-14,17-18H2,1-6H3,(H,32,33,34)/t19?,23?,24-,29?/m1/s1. The largest absolute Gasteiger partial charge is 0.477 e. The van der Waals surface area contributed by atoms with Gasteiger partial charge in [0.25, 0.3) is 10.0 Å². The zero-order valence-electron chi connectivity index (χ0n) is 23.3. The van der Waals surface area contributed by atoms with E-state index < -0.39 is 10.0 Å². The van der Waals surface area contributed by atoms with Crippen molar-refractivity contribution in [3.05, 3.63) is 65.2 Å². The number of aromatic nitrogens is 2. The lowest BCUT2D eigenvalue weighted by Gasteiger charge is -2.44. The first-order valence-corrected chi connectivity index (χ1v) is 15.1. The van der Waals surface area contributed by atoms with E-state index in [4.69, 9.17) is 4.74 Å². The Bertz CT molecular complexity index is 1420. The molecule has 1 aliphatic carbocycles. The molecule has 0 radical (unpaired) electrons. The van der Waals surface area contributed by atoms with Crippen molar-refractivity contribution in [3.8, 4) is 17.1 Å². The maximum atomic E-state index is 13.6. The highest BCUT2D eigenvalue weighted by Crippen LogP contribution is 2.49. The number of rotatable bonds is 3. The van der Waals surface area contributed by atoms with Gasteiger partial charge in [-0.1, -0.05) is 58.0 Å². The minimum absolute atomic E-state index is 0.0165. The lowest BCUT2D eigenvalue weighted by atomic mass is 9.62. The number of aryl methyl sites for hydroxylation is 2. The molecule has 0 amide bonds. The zero-order valence-corrected chi connectivity index (χ0v) is 24.1. The molecule has 2 aliphatic rings. The molecule has 3 aromatic rings. The molecular weight excluding hydrogens is 494 g/mol. The summed E-state index contributed by atoms with van der Waals surface area (Å²) in [6.07, 6.45) is 3.25. The third-order valence-electron chi connectivity index (χ3n) is 7.96. The summed E-state index contributed by atoms with van der Waals surface area (Å²) >= 11 is 0. The van der Waals surface area contributed by atoms with Crippen LogP contribution >= 0.6 is 0 Å². The molecule has 1 unspecified atom stereocenters. The van der Waals surface area contributed by atoms with Gasteiger partial charge in [-0.25, -0.2) is 18.1 Å². The fraction of sp³-hybridized carbons (Fsp3) is 0.484. The van der Waals surface area contributed by atoms with Gasteiger partial charge in [-0.3, -0.25) is 0 Å². The van der Waals surface area contributed by atoms with Gasteiger partial charge in [-0.05, 0) is 85.1 Å². The van der Waals surface area contributed by atoms with Crippen LogP contribution in [0.25, 0.3) is 11.3 Å². The summed E-state index contributed by atoms with van der Waals surface area (Å²) in [5, 5.41) is 0. The zero-order chi connectivity index (χ0) is 27.2. The molecule has 2 aromatic carbocycles. The Morgan fingerprint density at radius 2 is 1.68 bits per heavy atom. The third-order valence-corrected chi connectivity index (χ3v) is 9.29. The minimum atomic E-state index is -3.90. The van der Waals surface area contributed by atoms with E-state index in [0.717, 1.165) is 41.5 Å². The second-order valence-corrected chi connectivity index (χ2v) is 14.2. The second-order valence-electron chi connectivity index (χ2n) is 12.6. The molecule has 4 bridgehead atoms. The highest BCUT2D eigenvalue weighted by Gasteiger charge is 2.40. The molecule has 1 aromatic heterocycles. The second kappa shape index (κ2) is 9.99. The highest BCUT2D eigenvalue weighted by atomic mass is 32.2. The molecule has 38 heavy (non-hydrogen) atoms. The number of nitrogens with one attached hydrogen (secondary N) is 1. The molecule has 2 atom stereocenters. The molecule has 1 saturated carbocycles. The Kier molecular flexibility index (Phi) is 7.01. The van der Waals surface area contributed by atoms with E-state index in [0.29, 0.717) is 30.0 Å². The van der Waals surface area contributed by atoms with Crippen molar-refractivity contribution in [1.82, 2.24) is 9.97 Å². The number of anilines is 1. The van der Waals surface area contributed by atoms with Crippen LogP contribution < -0.4 is 9.46 Å². The Balaban J connectivity index is 1.66. The van der Waals surface area contributed by atoms with Crippen LogP contribution in [0.15, 0.2) is 53.4 Å². The normalized spacial score (nSPS) is 24.7. The quantitative estimate of drug-likeness (QED) is 0.387. The number of hydrogen-bond donors (Lipinski definition) is 1. The van der Waals surface area contributed by atoms with E-state index in [2.05, 4.69) is 48.5 Å². The van der Waals surface area contributed by atoms with Crippen molar-refractivity contribution >= 4 is 16.0 Å². The summed E-state index contributed by atoms with van der Waals surface area (Å²) in [5.41, 5.74) is 4.88. The molecule has 1 N–H and O–H groups in total. The van der Waals surface area contributed by atoms with E-state index in [9.17, 15) is 8.42 Å². The molecule has 6 nitrogen and oxygen atoms in total. The van der Waals surface area contributed by atoms with Crippen LogP contribution in [0.5, 0.6) is 5.88 Å². The van der Waals surface area contributed by atoms with Crippen molar-refractivity contribution in [1.29, 1.82) is 0 Å². The lowest BCUT2D eigenvalue weighted by Crippen LogP contribution is -2.36. The maximum Gasteiger partial charge on any atom is 0.264 e. The predicted octanol–water partition coefficient (Wildman–Crippen LogP) is 7.14. The van der Waals surface area contributed by atoms with Gasteiger partial charge < -0.3 is 4.74 Å². The Hall–Kier alpha value is -2.93. The highest BCUT2D eigenvalue weighted by molar-refractivity contribution is 7.92. The smallest absolute Gasteiger partial charge is 0.264 e. The average Bonchev–Trinajstić information content (AvgIpc) is 2.80. The van der Waals surface area contributed by atoms with Crippen LogP contribution in [0.3, 0.4) is 0 Å². The van der Waals surface area contributed by atoms with Crippen molar-refractivity contribution in [2.45, 2.75) is 71.6 Å². The van der Waals surface area contributed by atoms with Crippen LogP contribution in [0.1, 0.15) is 69.6 Å². The molecule has 2 heterocycles. The van der Waals surface area contributed by atoms with Gasteiger partial charge >= 0.3 is 0 Å². The summed E-state index contributed by atoms with van der Waals surface area (Å²) in [7, 11) is -3.90. The number of hydrogen-bond acceptors (Lipinski definition) is 5. The summed E-state index contributed by atoms with van der Waals surface area (Å²) in [4.78, 5) is 9.38. The van der Waals surface area contributed by atoms with Gasteiger partial charge in [-0.15, -0.1) is 0 Å². The van der Waals surface area contributed by atoms with Gasteiger partial charge in [-0.2, -0.15) is 4.98 Å². The summed E-state index contributed by atoms with van der Waals surface area (Å²) in [6, 6.07) is 15.4. The maximum absolute atomic E-state index is 13.6. The van der Waals surface area contributed by atoms with E-state index in [1.165, 1.54) is 0 Å². The molecule has 202 valence electrons. The summed E-state index contributed by atoms with van der Waals surface area (Å²) in [5.74, 6) is 2.01. The Morgan fingerprint density at radius 3 is 2.34 bits per heavy atom. The number of nitrogens with zero attached hydrogens (tertiary/aromatic N) is 2. The first-order chi connectivity index (χ1) is 17.9. The van der Waals surface area contributed by atoms with Crippen molar-refractivity contribution in [3.63, 3.8) is 0 Å². The van der Waals surface area contributed by atoms with Crippen molar-refractivity contribution in [2.24, 2.45) is 23.2 Å². The minimum Gasteiger partial charge on any atom is -0.477 e. The SMILES string of the molecule is Cc1cccc(C)c1-c1cc2nc(n1)NS(=O)(=O)c1cccc(c1)C(C1CC(C)C1)[C@H](CC(C)(C)C)CO2. The number of ether oxygens (including phenoxy) is 1. The Morgan fingerprint density at radius 1 is 1.00 bits per heavy atom. The number of benzene rings is 2. The molecule has 0 spiro atoms. The van der Waals surface area contributed by atoms with E-state index in [1.807, 2.05) is 50.2 Å². The van der Waals surface area contributed by atoms with Gasteiger partial charge in [0.2, 0.25) is 11.8 Å². The molecule has 5 rings (SSSR count). The fourth-order valence-electron chi connectivity index (χ4n) is 6.41. The average molecular weight is 534 g/mol.